The Morgan fingerprint density at radius 3 is 2.56 bits per heavy atom. The number of imide groups is 1. The molecule has 0 saturated carbocycles. The number of nitrogens with zero attached hydrogens (tertiary/aromatic N) is 1. The van der Waals surface area contributed by atoms with E-state index < -0.39 is 17.5 Å². The van der Waals surface area contributed by atoms with Crippen molar-refractivity contribution in [3.05, 3.63) is 59.0 Å². The number of hydrogen-bond donors (Lipinski definition) is 1. The third-order valence-electron chi connectivity index (χ3n) is 4.79. The van der Waals surface area contributed by atoms with Crippen LogP contribution in [-0.4, -0.2) is 29.9 Å². The molecule has 27 heavy (non-hydrogen) atoms. The fourth-order valence-electron chi connectivity index (χ4n) is 3.23. The highest BCUT2D eigenvalue weighted by Crippen LogP contribution is 2.30. The van der Waals surface area contributed by atoms with Crippen LogP contribution in [0, 0.1) is 0 Å². The van der Waals surface area contributed by atoms with Gasteiger partial charge in [-0.2, -0.15) is 0 Å². The molecule has 3 amide bonds. The summed E-state index contributed by atoms with van der Waals surface area (Å²) in [6, 6.07) is 8.70. The molecular formula is C20H22N2O5. The number of hydrogen-bond acceptors (Lipinski definition) is 5. The zero-order chi connectivity index (χ0) is 19.6. The lowest BCUT2D eigenvalue weighted by molar-refractivity contribution is -0.131. The van der Waals surface area contributed by atoms with E-state index in [0.717, 1.165) is 17.7 Å². The van der Waals surface area contributed by atoms with Crippen LogP contribution in [0.1, 0.15) is 47.5 Å². The minimum Gasteiger partial charge on any atom is -0.463 e. The van der Waals surface area contributed by atoms with Gasteiger partial charge in [0.2, 0.25) is 5.76 Å². The lowest BCUT2D eigenvalue weighted by Crippen LogP contribution is -2.40. The number of amides is 3. The predicted octanol–water partition coefficient (Wildman–Crippen LogP) is 2.99. The number of methoxy groups -OCH3 is 1. The Labute approximate surface area is 157 Å². The van der Waals surface area contributed by atoms with Gasteiger partial charge in [0.05, 0.1) is 19.9 Å². The summed E-state index contributed by atoms with van der Waals surface area (Å²) in [5, 5.41) is 2.76. The molecule has 1 fully saturated rings. The molecule has 2 heterocycles. The van der Waals surface area contributed by atoms with Crippen LogP contribution in [0.2, 0.25) is 0 Å². The van der Waals surface area contributed by atoms with Crippen molar-refractivity contribution in [2.45, 2.75) is 38.8 Å². The maximum atomic E-state index is 13.0. The van der Waals surface area contributed by atoms with Gasteiger partial charge in [-0.3, -0.25) is 9.69 Å². The Balaban J connectivity index is 1.84. The predicted molar refractivity (Wildman–Crippen MR) is 96.9 cm³/mol. The van der Waals surface area contributed by atoms with E-state index in [1.165, 1.54) is 18.9 Å². The van der Waals surface area contributed by atoms with Gasteiger partial charge in [0.25, 0.3) is 5.91 Å². The van der Waals surface area contributed by atoms with E-state index in [-0.39, 0.29) is 18.2 Å². The quantitative estimate of drug-likeness (QED) is 0.624. The van der Waals surface area contributed by atoms with Gasteiger partial charge in [0.15, 0.2) is 0 Å². The van der Waals surface area contributed by atoms with Gasteiger partial charge in [0, 0.05) is 5.56 Å². The largest absolute Gasteiger partial charge is 0.463 e. The molecule has 0 spiro atoms. The van der Waals surface area contributed by atoms with Crippen LogP contribution in [0.25, 0.3) is 0 Å². The number of carbonyl (C=O) groups excluding carboxylic acids is 3. The standard InChI is InChI=1S/C20H22N2O5/c1-4-5-13-6-8-15(9-7-13)20(2)18(24)22(19(25)21-20)12-14-10-11-27-16(14)17(23)26-3/h6-11H,4-5,12H2,1-3H3,(H,21,25). The Morgan fingerprint density at radius 1 is 1.22 bits per heavy atom. The molecule has 7 nitrogen and oxygen atoms in total. The second-order valence-electron chi connectivity index (χ2n) is 6.66. The molecule has 1 aliphatic rings. The SMILES string of the molecule is CCCc1ccc(C2(C)NC(=O)N(Cc3ccoc3C(=O)OC)C2=O)cc1. The molecule has 0 radical (unpaired) electrons. The van der Waals surface area contributed by atoms with Gasteiger partial charge in [-0.25, -0.2) is 9.59 Å². The summed E-state index contributed by atoms with van der Waals surface area (Å²) in [6.45, 7) is 3.71. The molecule has 1 atom stereocenters. The zero-order valence-electron chi connectivity index (χ0n) is 15.6. The molecule has 0 aliphatic carbocycles. The van der Waals surface area contributed by atoms with Crippen molar-refractivity contribution in [2.75, 3.05) is 7.11 Å². The number of furan rings is 1. The van der Waals surface area contributed by atoms with E-state index in [1.54, 1.807) is 13.0 Å². The monoisotopic (exact) mass is 370 g/mol. The smallest absolute Gasteiger partial charge is 0.374 e. The average molecular weight is 370 g/mol. The average Bonchev–Trinajstić information content (AvgIpc) is 3.21. The Bertz CT molecular complexity index is 871. The third-order valence-corrected chi connectivity index (χ3v) is 4.79. The number of nitrogens with one attached hydrogen (secondary N) is 1. The van der Waals surface area contributed by atoms with Crippen LogP contribution in [-0.2, 0) is 28.0 Å². The van der Waals surface area contributed by atoms with Gasteiger partial charge in [-0.05, 0) is 30.5 Å². The fraction of sp³-hybridized carbons (Fsp3) is 0.350. The number of benzene rings is 1. The van der Waals surface area contributed by atoms with E-state index in [2.05, 4.69) is 17.0 Å². The number of urea groups is 1. The zero-order valence-corrected chi connectivity index (χ0v) is 15.6. The van der Waals surface area contributed by atoms with Gasteiger partial charge >= 0.3 is 12.0 Å². The summed E-state index contributed by atoms with van der Waals surface area (Å²) >= 11 is 0. The van der Waals surface area contributed by atoms with Crippen molar-refractivity contribution < 1.29 is 23.5 Å². The Morgan fingerprint density at radius 2 is 1.93 bits per heavy atom. The van der Waals surface area contributed by atoms with Gasteiger partial charge in [-0.1, -0.05) is 37.6 Å². The van der Waals surface area contributed by atoms with Crippen LogP contribution < -0.4 is 5.32 Å². The number of rotatable bonds is 6. The van der Waals surface area contributed by atoms with Crippen molar-refractivity contribution >= 4 is 17.9 Å². The van der Waals surface area contributed by atoms with E-state index >= 15 is 0 Å². The van der Waals surface area contributed by atoms with Crippen LogP contribution in [0.4, 0.5) is 4.79 Å². The summed E-state index contributed by atoms with van der Waals surface area (Å²) in [5.74, 6) is -1.06. The van der Waals surface area contributed by atoms with Crippen LogP contribution in [0.5, 0.6) is 0 Å². The number of ether oxygens (including phenoxy) is 1. The van der Waals surface area contributed by atoms with E-state index in [9.17, 15) is 14.4 Å². The van der Waals surface area contributed by atoms with Crippen LogP contribution in [0.15, 0.2) is 41.0 Å². The normalized spacial score (nSPS) is 19.3. The first-order chi connectivity index (χ1) is 12.9. The lowest BCUT2D eigenvalue weighted by atomic mass is 9.91. The molecule has 1 aromatic heterocycles. The van der Waals surface area contributed by atoms with Crippen LogP contribution >= 0.6 is 0 Å². The maximum Gasteiger partial charge on any atom is 0.374 e. The van der Waals surface area contributed by atoms with Crippen molar-refractivity contribution in [1.82, 2.24) is 10.2 Å². The molecule has 3 rings (SSSR count). The first-order valence-electron chi connectivity index (χ1n) is 8.79. The molecular weight excluding hydrogens is 348 g/mol. The number of esters is 1. The Hall–Kier alpha value is -3.09. The molecule has 0 bridgehead atoms. The van der Waals surface area contributed by atoms with Crippen molar-refractivity contribution in [3.63, 3.8) is 0 Å². The first-order valence-corrected chi connectivity index (χ1v) is 8.79. The second-order valence-corrected chi connectivity index (χ2v) is 6.66. The highest BCUT2D eigenvalue weighted by molar-refractivity contribution is 6.07. The van der Waals surface area contributed by atoms with Gasteiger partial charge < -0.3 is 14.5 Å². The Kier molecular flexibility index (Phi) is 5.03. The summed E-state index contributed by atoms with van der Waals surface area (Å²) in [7, 11) is 1.24. The molecule has 1 aliphatic heterocycles. The van der Waals surface area contributed by atoms with Crippen LogP contribution in [0.3, 0.4) is 0 Å². The van der Waals surface area contributed by atoms with Crippen molar-refractivity contribution in [2.24, 2.45) is 0 Å². The summed E-state index contributed by atoms with van der Waals surface area (Å²) in [4.78, 5) is 38.3. The van der Waals surface area contributed by atoms with E-state index in [1.807, 2.05) is 24.3 Å². The molecule has 7 heteroatoms. The van der Waals surface area contributed by atoms with Gasteiger partial charge in [0.1, 0.15) is 5.54 Å². The highest BCUT2D eigenvalue weighted by atomic mass is 16.5. The highest BCUT2D eigenvalue weighted by Gasteiger charge is 2.49. The molecule has 1 aromatic carbocycles. The van der Waals surface area contributed by atoms with E-state index in [4.69, 9.17) is 4.42 Å². The molecule has 142 valence electrons. The molecule has 1 saturated heterocycles. The molecule has 2 aromatic rings. The molecule has 1 N–H and O–H groups in total. The summed E-state index contributed by atoms with van der Waals surface area (Å²) in [6.07, 6.45) is 3.32. The van der Waals surface area contributed by atoms with Gasteiger partial charge in [-0.15, -0.1) is 0 Å². The second kappa shape index (κ2) is 7.26. The number of aryl methyl sites for hydroxylation is 1. The van der Waals surface area contributed by atoms with E-state index in [0.29, 0.717) is 11.1 Å². The number of carbonyl (C=O) groups is 3. The first kappa shape index (κ1) is 18.7. The molecule has 1 unspecified atom stereocenters. The maximum absolute atomic E-state index is 13.0. The third kappa shape index (κ3) is 3.32. The topological polar surface area (TPSA) is 88.8 Å². The minimum absolute atomic E-state index is 0.0179. The van der Waals surface area contributed by atoms with Crippen molar-refractivity contribution in [3.8, 4) is 0 Å². The minimum atomic E-state index is -1.16. The van der Waals surface area contributed by atoms with Crippen molar-refractivity contribution in [1.29, 1.82) is 0 Å². The summed E-state index contributed by atoms with van der Waals surface area (Å²) in [5.41, 5.74) is 1.15. The lowest BCUT2D eigenvalue weighted by Gasteiger charge is -2.22. The summed E-state index contributed by atoms with van der Waals surface area (Å²) < 4.78 is 9.78. The fourth-order valence-corrected chi connectivity index (χ4v) is 3.23.